The summed E-state index contributed by atoms with van der Waals surface area (Å²) in [4.78, 5) is 40.3. The molecule has 2 rings (SSSR count). The van der Waals surface area contributed by atoms with Crippen molar-refractivity contribution in [3.05, 3.63) is 48.0 Å². The molecule has 1 aromatic heterocycles. The molecule has 1 heterocycles. The smallest absolute Gasteiger partial charge is 0.354 e. The lowest BCUT2D eigenvalue weighted by atomic mass is 10.3. The number of imidazole rings is 1. The summed E-state index contributed by atoms with van der Waals surface area (Å²) in [5.74, 6) is -2.18. The summed E-state index contributed by atoms with van der Waals surface area (Å²) in [5, 5.41) is 14.0. The zero-order valence-electron chi connectivity index (χ0n) is 11.5. The predicted molar refractivity (Wildman–Crippen MR) is 77.6 cm³/mol. The number of aromatic amines is 1. The molecule has 0 spiro atoms. The topological polar surface area (TPSA) is 124 Å². The van der Waals surface area contributed by atoms with Gasteiger partial charge in [0.25, 0.3) is 5.91 Å². The van der Waals surface area contributed by atoms with E-state index in [9.17, 15) is 14.4 Å². The van der Waals surface area contributed by atoms with E-state index in [0.717, 1.165) is 6.33 Å². The maximum Gasteiger partial charge on any atom is 0.354 e. The number of para-hydroxylation sites is 1. The van der Waals surface area contributed by atoms with Crippen molar-refractivity contribution in [2.24, 2.45) is 0 Å². The number of carbonyl (C=O) groups excluding carboxylic acids is 2. The summed E-state index contributed by atoms with van der Waals surface area (Å²) in [6, 6.07) is 8.92. The Morgan fingerprint density at radius 3 is 2.59 bits per heavy atom. The summed E-state index contributed by atoms with van der Waals surface area (Å²) in [5.41, 5.74) is 0.168. The van der Waals surface area contributed by atoms with Crippen molar-refractivity contribution in [2.75, 3.05) is 11.9 Å². The van der Waals surface area contributed by atoms with E-state index < -0.39 is 11.9 Å². The molecule has 0 fully saturated rings. The Morgan fingerprint density at radius 1 is 1.18 bits per heavy atom. The molecular weight excluding hydrogens is 288 g/mol. The number of carboxylic acids is 1. The van der Waals surface area contributed by atoms with Gasteiger partial charge in [0.05, 0.1) is 6.33 Å². The van der Waals surface area contributed by atoms with Gasteiger partial charge in [0.2, 0.25) is 5.91 Å². The third-order valence-electron chi connectivity index (χ3n) is 2.76. The van der Waals surface area contributed by atoms with E-state index in [2.05, 4.69) is 20.6 Å². The highest BCUT2D eigenvalue weighted by molar-refractivity contribution is 6.02. The molecule has 0 saturated heterocycles. The molecule has 0 bridgehead atoms. The highest BCUT2D eigenvalue weighted by Gasteiger charge is 2.19. The van der Waals surface area contributed by atoms with Gasteiger partial charge in [-0.15, -0.1) is 0 Å². The molecule has 2 aromatic rings. The highest BCUT2D eigenvalue weighted by Crippen LogP contribution is 2.05. The molecule has 8 nitrogen and oxygen atoms in total. The van der Waals surface area contributed by atoms with Crippen LogP contribution in [0.25, 0.3) is 0 Å². The number of benzene rings is 1. The van der Waals surface area contributed by atoms with Crippen LogP contribution in [-0.2, 0) is 4.79 Å². The number of aromatic carboxylic acids is 1. The van der Waals surface area contributed by atoms with Crippen LogP contribution in [0, 0.1) is 0 Å². The van der Waals surface area contributed by atoms with Gasteiger partial charge in [-0.25, -0.2) is 9.78 Å². The summed E-state index contributed by atoms with van der Waals surface area (Å²) in [6.45, 7) is 0.0728. The molecule has 4 N–H and O–H groups in total. The molecule has 0 radical (unpaired) electrons. The quantitative estimate of drug-likeness (QED) is 0.630. The molecule has 0 aliphatic rings. The Kier molecular flexibility index (Phi) is 4.86. The molecule has 22 heavy (non-hydrogen) atoms. The number of anilines is 1. The van der Waals surface area contributed by atoms with E-state index in [1.807, 2.05) is 6.07 Å². The van der Waals surface area contributed by atoms with E-state index in [4.69, 9.17) is 5.11 Å². The first-order chi connectivity index (χ1) is 10.6. The Morgan fingerprint density at radius 2 is 1.91 bits per heavy atom. The minimum absolute atomic E-state index is 0.0630. The molecule has 8 heteroatoms. The van der Waals surface area contributed by atoms with Crippen LogP contribution in [0.1, 0.15) is 27.4 Å². The number of nitrogens with one attached hydrogen (secondary N) is 3. The zero-order chi connectivity index (χ0) is 15.9. The van der Waals surface area contributed by atoms with Gasteiger partial charge in [-0.3, -0.25) is 9.59 Å². The number of carbonyl (C=O) groups is 3. The van der Waals surface area contributed by atoms with E-state index in [1.165, 1.54) is 0 Å². The summed E-state index contributed by atoms with van der Waals surface area (Å²) >= 11 is 0. The number of nitrogens with zero attached hydrogens (tertiary/aromatic N) is 1. The highest BCUT2D eigenvalue weighted by atomic mass is 16.4. The van der Waals surface area contributed by atoms with Crippen molar-refractivity contribution >= 4 is 23.5 Å². The van der Waals surface area contributed by atoms with Crippen LogP contribution in [0.5, 0.6) is 0 Å². The molecular formula is C14H14N4O4. The van der Waals surface area contributed by atoms with E-state index in [-0.39, 0.29) is 30.3 Å². The fourth-order valence-electron chi connectivity index (χ4n) is 1.75. The summed E-state index contributed by atoms with van der Waals surface area (Å²) < 4.78 is 0. The van der Waals surface area contributed by atoms with Crippen molar-refractivity contribution in [2.45, 2.75) is 6.42 Å². The van der Waals surface area contributed by atoms with Crippen LogP contribution in [0.2, 0.25) is 0 Å². The molecule has 2 amide bonds. The summed E-state index contributed by atoms with van der Waals surface area (Å²) in [6.07, 6.45) is 1.19. The van der Waals surface area contributed by atoms with Gasteiger partial charge in [-0.1, -0.05) is 18.2 Å². The average Bonchev–Trinajstić information content (AvgIpc) is 2.98. The average molecular weight is 302 g/mol. The third-order valence-corrected chi connectivity index (χ3v) is 2.76. The Hall–Kier alpha value is -3.16. The zero-order valence-corrected chi connectivity index (χ0v) is 11.5. The Balaban J connectivity index is 1.81. The van der Waals surface area contributed by atoms with Crippen LogP contribution in [0.4, 0.5) is 5.69 Å². The number of H-pyrrole nitrogens is 1. The van der Waals surface area contributed by atoms with Gasteiger partial charge >= 0.3 is 5.97 Å². The molecule has 0 saturated carbocycles. The van der Waals surface area contributed by atoms with Gasteiger partial charge in [0, 0.05) is 18.7 Å². The molecule has 0 aliphatic heterocycles. The van der Waals surface area contributed by atoms with E-state index >= 15 is 0 Å². The Labute approximate surface area is 125 Å². The standard InChI is InChI=1S/C14H14N4O4/c19-10(18-9-4-2-1-3-5-9)6-7-15-13(20)11-12(14(21)22)17-8-16-11/h1-5,8H,6-7H2,(H,15,20)(H,16,17)(H,18,19)(H,21,22). The van der Waals surface area contributed by atoms with Gasteiger partial charge in [0.15, 0.2) is 11.4 Å². The second kappa shape index (κ2) is 7.02. The van der Waals surface area contributed by atoms with Crippen molar-refractivity contribution in [1.82, 2.24) is 15.3 Å². The van der Waals surface area contributed by atoms with E-state index in [1.54, 1.807) is 24.3 Å². The van der Waals surface area contributed by atoms with E-state index in [0.29, 0.717) is 5.69 Å². The van der Waals surface area contributed by atoms with Gasteiger partial charge < -0.3 is 20.7 Å². The minimum atomic E-state index is -1.27. The number of carboxylic acid groups (broad SMARTS) is 1. The van der Waals surface area contributed by atoms with Crippen LogP contribution in [0.3, 0.4) is 0 Å². The molecule has 0 unspecified atom stereocenters. The van der Waals surface area contributed by atoms with Crippen molar-refractivity contribution in [3.63, 3.8) is 0 Å². The maximum atomic E-state index is 11.8. The first kappa shape index (κ1) is 15.2. The fourth-order valence-corrected chi connectivity index (χ4v) is 1.75. The number of rotatable bonds is 6. The summed E-state index contributed by atoms with van der Waals surface area (Å²) in [7, 11) is 0. The van der Waals surface area contributed by atoms with Crippen LogP contribution in [-0.4, -0.2) is 39.4 Å². The molecule has 1 aromatic carbocycles. The van der Waals surface area contributed by atoms with Crippen LogP contribution in [0.15, 0.2) is 36.7 Å². The molecule has 0 atom stereocenters. The van der Waals surface area contributed by atoms with Gasteiger partial charge in [0.1, 0.15) is 0 Å². The third kappa shape index (κ3) is 3.92. The van der Waals surface area contributed by atoms with Crippen LogP contribution >= 0.6 is 0 Å². The lowest BCUT2D eigenvalue weighted by molar-refractivity contribution is -0.116. The molecule has 114 valence electrons. The number of hydrogen-bond donors (Lipinski definition) is 4. The predicted octanol–water partition coefficient (Wildman–Crippen LogP) is 0.866. The number of hydrogen-bond acceptors (Lipinski definition) is 4. The monoisotopic (exact) mass is 302 g/mol. The number of aromatic nitrogens is 2. The molecule has 0 aliphatic carbocycles. The fraction of sp³-hybridized carbons (Fsp3) is 0.143. The Bertz CT molecular complexity index is 681. The minimum Gasteiger partial charge on any atom is -0.477 e. The van der Waals surface area contributed by atoms with Crippen molar-refractivity contribution < 1.29 is 19.5 Å². The van der Waals surface area contributed by atoms with Crippen LogP contribution < -0.4 is 10.6 Å². The second-order valence-electron chi connectivity index (χ2n) is 4.35. The number of amides is 2. The lowest BCUT2D eigenvalue weighted by Gasteiger charge is -2.06. The maximum absolute atomic E-state index is 11.8. The SMILES string of the molecule is O=C(CCNC(=O)c1nc[nH]c1C(=O)O)Nc1ccccc1. The second-order valence-corrected chi connectivity index (χ2v) is 4.35. The van der Waals surface area contributed by atoms with Gasteiger partial charge in [-0.2, -0.15) is 0 Å². The first-order valence-electron chi connectivity index (χ1n) is 6.47. The first-order valence-corrected chi connectivity index (χ1v) is 6.47. The lowest BCUT2D eigenvalue weighted by Crippen LogP contribution is -2.29. The van der Waals surface area contributed by atoms with Crippen molar-refractivity contribution in [1.29, 1.82) is 0 Å². The normalized spacial score (nSPS) is 10.0. The largest absolute Gasteiger partial charge is 0.477 e. The van der Waals surface area contributed by atoms with Gasteiger partial charge in [-0.05, 0) is 12.1 Å². The van der Waals surface area contributed by atoms with Crippen molar-refractivity contribution in [3.8, 4) is 0 Å².